The molecule has 0 saturated heterocycles. The van der Waals surface area contributed by atoms with Gasteiger partial charge >= 0.3 is 0 Å². The van der Waals surface area contributed by atoms with Gasteiger partial charge in [0.2, 0.25) is 0 Å². The molecular weight excluding hydrogens is 268 g/mol. The standard InChI is InChI=1S/C17H27ClN2/c1-17(2)9-7-14(8-10-17)20(4)16-6-5-13(12-19-3)11-15(16)18/h5-6,11,14,19H,7-10,12H2,1-4H3. The Labute approximate surface area is 128 Å². The number of benzene rings is 1. The Morgan fingerprint density at radius 3 is 2.50 bits per heavy atom. The van der Waals surface area contributed by atoms with Crippen molar-refractivity contribution in [2.75, 3.05) is 19.0 Å². The molecule has 1 aliphatic carbocycles. The van der Waals surface area contributed by atoms with E-state index in [1.165, 1.54) is 31.2 Å². The molecule has 1 N–H and O–H groups in total. The van der Waals surface area contributed by atoms with Gasteiger partial charge in [0.1, 0.15) is 0 Å². The van der Waals surface area contributed by atoms with Crippen LogP contribution in [0.2, 0.25) is 5.02 Å². The molecule has 20 heavy (non-hydrogen) atoms. The maximum absolute atomic E-state index is 6.47. The molecule has 0 atom stereocenters. The van der Waals surface area contributed by atoms with Crippen LogP contribution in [-0.2, 0) is 6.54 Å². The van der Waals surface area contributed by atoms with Crippen LogP contribution in [-0.4, -0.2) is 20.1 Å². The lowest BCUT2D eigenvalue weighted by Crippen LogP contribution is -2.37. The van der Waals surface area contributed by atoms with Crippen LogP contribution in [0.25, 0.3) is 0 Å². The monoisotopic (exact) mass is 294 g/mol. The molecule has 0 spiro atoms. The Morgan fingerprint density at radius 1 is 1.30 bits per heavy atom. The molecule has 1 aliphatic rings. The van der Waals surface area contributed by atoms with Crippen LogP contribution in [0.15, 0.2) is 18.2 Å². The quantitative estimate of drug-likeness (QED) is 0.882. The summed E-state index contributed by atoms with van der Waals surface area (Å²) in [6, 6.07) is 7.03. The normalized spacial score (nSPS) is 19.1. The Balaban J connectivity index is 2.07. The van der Waals surface area contributed by atoms with Gasteiger partial charge in [0, 0.05) is 19.6 Å². The fraction of sp³-hybridized carbons (Fsp3) is 0.647. The SMILES string of the molecule is CNCc1ccc(N(C)C2CCC(C)(C)CC2)c(Cl)c1. The summed E-state index contributed by atoms with van der Waals surface area (Å²) in [5, 5.41) is 4.03. The van der Waals surface area contributed by atoms with Crippen molar-refractivity contribution in [2.45, 2.75) is 52.1 Å². The third-order valence-corrected chi connectivity index (χ3v) is 4.93. The van der Waals surface area contributed by atoms with Gasteiger partial charge in [-0.15, -0.1) is 0 Å². The van der Waals surface area contributed by atoms with E-state index in [4.69, 9.17) is 11.6 Å². The minimum atomic E-state index is 0.512. The summed E-state index contributed by atoms with van der Waals surface area (Å²) < 4.78 is 0. The molecule has 0 aliphatic heterocycles. The summed E-state index contributed by atoms with van der Waals surface area (Å²) in [6.07, 6.45) is 5.13. The molecule has 0 radical (unpaired) electrons. The van der Waals surface area contributed by atoms with Gasteiger partial charge in [-0.05, 0) is 55.8 Å². The van der Waals surface area contributed by atoms with Crippen LogP contribution >= 0.6 is 11.6 Å². The van der Waals surface area contributed by atoms with Crippen molar-refractivity contribution in [2.24, 2.45) is 5.41 Å². The van der Waals surface area contributed by atoms with E-state index in [9.17, 15) is 0 Å². The van der Waals surface area contributed by atoms with Gasteiger partial charge in [-0.1, -0.05) is 31.5 Å². The molecule has 1 saturated carbocycles. The first-order chi connectivity index (χ1) is 9.43. The summed E-state index contributed by atoms with van der Waals surface area (Å²) in [6.45, 7) is 5.62. The minimum absolute atomic E-state index is 0.512. The molecule has 2 rings (SSSR count). The highest BCUT2D eigenvalue weighted by Gasteiger charge is 2.29. The van der Waals surface area contributed by atoms with E-state index in [1.807, 2.05) is 7.05 Å². The van der Waals surface area contributed by atoms with Gasteiger partial charge in [0.25, 0.3) is 0 Å². The predicted molar refractivity (Wildman–Crippen MR) is 88.7 cm³/mol. The zero-order chi connectivity index (χ0) is 14.8. The molecule has 0 amide bonds. The number of rotatable bonds is 4. The van der Waals surface area contributed by atoms with Crippen molar-refractivity contribution in [1.29, 1.82) is 0 Å². The molecule has 1 aromatic carbocycles. The Kier molecular flexibility index (Phi) is 4.98. The largest absolute Gasteiger partial charge is 0.370 e. The number of nitrogens with one attached hydrogen (secondary N) is 1. The molecular formula is C17H27ClN2. The lowest BCUT2D eigenvalue weighted by Gasteiger charge is -2.39. The maximum Gasteiger partial charge on any atom is 0.0642 e. The summed E-state index contributed by atoms with van der Waals surface area (Å²) >= 11 is 6.47. The average molecular weight is 295 g/mol. The van der Waals surface area contributed by atoms with Crippen molar-refractivity contribution in [1.82, 2.24) is 5.32 Å². The molecule has 0 bridgehead atoms. The Hall–Kier alpha value is -0.730. The fourth-order valence-corrected chi connectivity index (χ4v) is 3.46. The highest BCUT2D eigenvalue weighted by molar-refractivity contribution is 6.33. The number of nitrogens with zero attached hydrogens (tertiary/aromatic N) is 1. The summed E-state index contributed by atoms with van der Waals surface area (Å²) in [4.78, 5) is 2.38. The molecule has 2 nitrogen and oxygen atoms in total. The maximum atomic E-state index is 6.47. The van der Waals surface area contributed by atoms with Crippen LogP contribution in [0.5, 0.6) is 0 Å². The summed E-state index contributed by atoms with van der Waals surface area (Å²) in [5.74, 6) is 0. The van der Waals surface area contributed by atoms with E-state index in [-0.39, 0.29) is 0 Å². The van der Waals surface area contributed by atoms with E-state index in [0.29, 0.717) is 11.5 Å². The Bertz CT molecular complexity index is 446. The zero-order valence-electron chi connectivity index (χ0n) is 13.2. The highest BCUT2D eigenvalue weighted by atomic mass is 35.5. The van der Waals surface area contributed by atoms with Gasteiger partial charge in [0.15, 0.2) is 0 Å². The molecule has 0 heterocycles. The second kappa shape index (κ2) is 6.36. The van der Waals surface area contributed by atoms with Gasteiger partial charge in [-0.2, -0.15) is 0 Å². The van der Waals surface area contributed by atoms with Crippen molar-refractivity contribution in [3.63, 3.8) is 0 Å². The van der Waals surface area contributed by atoms with E-state index < -0.39 is 0 Å². The fourth-order valence-electron chi connectivity index (χ4n) is 3.12. The van der Waals surface area contributed by atoms with Gasteiger partial charge < -0.3 is 10.2 Å². The van der Waals surface area contributed by atoms with E-state index in [0.717, 1.165) is 17.3 Å². The second-order valence-electron chi connectivity index (χ2n) is 6.82. The van der Waals surface area contributed by atoms with Crippen LogP contribution in [0.1, 0.15) is 45.1 Å². The average Bonchev–Trinajstić information content (AvgIpc) is 2.38. The molecule has 3 heteroatoms. The van der Waals surface area contributed by atoms with Crippen LogP contribution in [0.4, 0.5) is 5.69 Å². The first-order valence-corrected chi connectivity index (χ1v) is 7.96. The minimum Gasteiger partial charge on any atom is -0.370 e. The highest BCUT2D eigenvalue weighted by Crippen LogP contribution is 2.39. The second-order valence-corrected chi connectivity index (χ2v) is 7.23. The van der Waals surface area contributed by atoms with Crippen molar-refractivity contribution < 1.29 is 0 Å². The molecule has 1 aromatic rings. The van der Waals surface area contributed by atoms with Gasteiger partial charge in [0.05, 0.1) is 10.7 Å². The smallest absolute Gasteiger partial charge is 0.0642 e. The third kappa shape index (κ3) is 3.67. The lowest BCUT2D eigenvalue weighted by molar-refractivity contribution is 0.222. The molecule has 0 aromatic heterocycles. The van der Waals surface area contributed by atoms with Crippen molar-refractivity contribution in [3.05, 3.63) is 28.8 Å². The van der Waals surface area contributed by atoms with Gasteiger partial charge in [-0.25, -0.2) is 0 Å². The van der Waals surface area contributed by atoms with E-state index in [2.05, 4.69) is 49.3 Å². The Morgan fingerprint density at radius 2 is 1.95 bits per heavy atom. The molecule has 1 fully saturated rings. The number of hydrogen-bond acceptors (Lipinski definition) is 2. The van der Waals surface area contributed by atoms with E-state index in [1.54, 1.807) is 0 Å². The van der Waals surface area contributed by atoms with Crippen LogP contribution in [0.3, 0.4) is 0 Å². The summed E-state index contributed by atoms with van der Waals surface area (Å²) in [5.41, 5.74) is 2.91. The third-order valence-electron chi connectivity index (χ3n) is 4.63. The number of halogens is 1. The van der Waals surface area contributed by atoms with Crippen molar-refractivity contribution in [3.8, 4) is 0 Å². The molecule has 0 unspecified atom stereocenters. The zero-order valence-corrected chi connectivity index (χ0v) is 13.9. The van der Waals surface area contributed by atoms with Crippen molar-refractivity contribution >= 4 is 17.3 Å². The lowest BCUT2D eigenvalue weighted by atomic mass is 9.75. The number of hydrogen-bond donors (Lipinski definition) is 1. The van der Waals surface area contributed by atoms with Gasteiger partial charge in [-0.3, -0.25) is 0 Å². The predicted octanol–water partition coefficient (Wildman–Crippen LogP) is 4.46. The van der Waals surface area contributed by atoms with E-state index >= 15 is 0 Å². The first kappa shape index (κ1) is 15.7. The van der Waals surface area contributed by atoms with Crippen LogP contribution in [0, 0.1) is 5.41 Å². The first-order valence-electron chi connectivity index (χ1n) is 7.59. The molecule has 112 valence electrons. The topological polar surface area (TPSA) is 15.3 Å². The summed E-state index contributed by atoms with van der Waals surface area (Å²) in [7, 11) is 4.14. The van der Waals surface area contributed by atoms with Crippen LogP contribution < -0.4 is 10.2 Å². The number of anilines is 1.